The number of nitrogens with zero attached hydrogens (tertiary/aromatic N) is 2. The molecule has 1 aromatic carbocycles. The van der Waals surface area contributed by atoms with Crippen molar-refractivity contribution in [1.82, 2.24) is 20.1 Å². The van der Waals surface area contributed by atoms with Gasteiger partial charge in [-0.1, -0.05) is 0 Å². The maximum absolute atomic E-state index is 12.2. The van der Waals surface area contributed by atoms with Crippen LogP contribution in [0.15, 0.2) is 48.8 Å². The Balaban J connectivity index is 1.68. The second-order valence-electron chi connectivity index (χ2n) is 5.23. The van der Waals surface area contributed by atoms with Gasteiger partial charge in [0.15, 0.2) is 0 Å². The molecule has 2 N–H and O–H groups in total. The molecule has 0 fully saturated rings. The van der Waals surface area contributed by atoms with Gasteiger partial charge in [-0.3, -0.25) is 9.89 Å². The van der Waals surface area contributed by atoms with Crippen LogP contribution in [-0.2, 0) is 6.54 Å². The number of hydrogen-bond donors (Lipinski definition) is 2. The number of benzene rings is 1. The van der Waals surface area contributed by atoms with Crippen LogP contribution in [-0.4, -0.2) is 20.7 Å². The molecule has 1 amide bonds. The second-order valence-corrected chi connectivity index (χ2v) is 5.23. The standard InChI is InChI=1S/C17H18N4O/c1-12-16(13(2)20-19-12)11-18-17(22)14-5-7-15(8-6-14)21-9-3-4-10-21/h3-10H,11H2,1-2H3,(H,18,22)(H,19,20). The third-order valence-corrected chi connectivity index (χ3v) is 3.74. The molecule has 2 heterocycles. The van der Waals surface area contributed by atoms with E-state index in [0.29, 0.717) is 12.1 Å². The Morgan fingerprint density at radius 1 is 1.18 bits per heavy atom. The predicted octanol–water partition coefficient (Wildman–Crippen LogP) is 2.75. The van der Waals surface area contributed by atoms with Gasteiger partial charge < -0.3 is 9.88 Å². The van der Waals surface area contributed by atoms with Crippen molar-refractivity contribution < 1.29 is 4.79 Å². The van der Waals surface area contributed by atoms with E-state index in [9.17, 15) is 4.79 Å². The van der Waals surface area contributed by atoms with Crippen molar-refractivity contribution in [2.45, 2.75) is 20.4 Å². The Bertz CT molecular complexity index is 750. The summed E-state index contributed by atoms with van der Waals surface area (Å²) in [5.41, 5.74) is 4.62. The van der Waals surface area contributed by atoms with E-state index in [2.05, 4.69) is 15.5 Å². The minimum Gasteiger partial charge on any atom is -0.348 e. The summed E-state index contributed by atoms with van der Waals surface area (Å²) in [6, 6.07) is 11.5. The first-order valence-corrected chi connectivity index (χ1v) is 7.17. The first-order valence-electron chi connectivity index (χ1n) is 7.17. The van der Waals surface area contributed by atoms with E-state index in [1.165, 1.54) is 0 Å². The molecular weight excluding hydrogens is 276 g/mol. The van der Waals surface area contributed by atoms with Crippen LogP contribution in [0.25, 0.3) is 5.69 Å². The van der Waals surface area contributed by atoms with Gasteiger partial charge in [-0.15, -0.1) is 0 Å². The van der Waals surface area contributed by atoms with Crippen LogP contribution in [0.2, 0.25) is 0 Å². The van der Waals surface area contributed by atoms with Crippen molar-refractivity contribution in [2.75, 3.05) is 0 Å². The topological polar surface area (TPSA) is 62.7 Å². The Morgan fingerprint density at radius 2 is 1.86 bits per heavy atom. The van der Waals surface area contributed by atoms with Crippen molar-refractivity contribution in [3.63, 3.8) is 0 Å². The highest BCUT2D eigenvalue weighted by Gasteiger charge is 2.09. The monoisotopic (exact) mass is 294 g/mol. The molecular formula is C17H18N4O. The summed E-state index contributed by atoms with van der Waals surface area (Å²) in [5.74, 6) is -0.0842. The number of rotatable bonds is 4. The van der Waals surface area contributed by atoms with E-state index in [4.69, 9.17) is 0 Å². The lowest BCUT2D eigenvalue weighted by atomic mass is 10.1. The number of amides is 1. The highest BCUT2D eigenvalue weighted by atomic mass is 16.1. The molecule has 0 bridgehead atoms. The van der Waals surface area contributed by atoms with Gasteiger partial charge >= 0.3 is 0 Å². The largest absolute Gasteiger partial charge is 0.348 e. The first-order chi connectivity index (χ1) is 10.6. The van der Waals surface area contributed by atoms with Gasteiger partial charge in [0.2, 0.25) is 0 Å². The number of carbonyl (C=O) groups is 1. The average molecular weight is 294 g/mol. The highest BCUT2D eigenvalue weighted by Crippen LogP contribution is 2.11. The molecule has 22 heavy (non-hydrogen) atoms. The lowest BCUT2D eigenvalue weighted by Gasteiger charge is -2.07. The third-order valence-electron chi connectivity index (χ3n) is 3.74. The number of carbonyl (C=O) groups excluding carboxylic acids is 1. The second kappa shape index (κ2) is 5.89. The van der Waals surface area contributed by atoms with Gasteiger partial charge in [-0.05, 0) is 50.2 Å². The number of hydrogen-bond acceptors (Lipinski definition) is 2. The van der Waals surface area contributed by atoms with E-state index >= 15 is 0 Å². The molecule has 5 nitrogen and oxygen atoms in total. The van der Waals surface area contributed by atoms with Gasteiger partial charge in [0, 0.05) is 41.4 Å². The molecule has 2 aromatic heterocycles. The zero-order chi connectivity index (χ0) is 15.5. The van der Waals surface area contributed by atoms with E-state index in [1.807, 2.05) is 67.2 Å². The van der Waals surface area contributed by atoms with Gasteiger partial charge in [0.05, 0.1) is 5.69 Å². The number of H-pyrrole nitrogens is 1. The minimum absolute atomic E-state index is 0.0842. The zero-order valence-corrected chi connectivity index (χ0v) is 12.6. The number of aromatic amines is 1. The van der Waals surface area contributed by atoms with Crippen molar-refractivity contribution in [2.24, 2.45) is 0 Å². The maximum Gasteiger partial charge on any atom is 0.251 e. The molecule has 0 aliphatic carbocycles. The number of nitrogens with one attached hydrogen (secondary N) is 2. The molecule has 0 radical (unpaired) electrons. The van der Waals surface area contributed by atoms with E-state index in [-0.39, 0.29) is 5.91 Å². The lowest BCUT2D eigenvalue weighted by molar-refractivity contribution is 0.0951. The molecule has 0 aliphatic heterocycles. The van der Waals surface area contributed by atoms with E-state index in [1.54, 1.807) is 0 Å². The molecule has 0 unspecified atom stereocenters. The molecule has 3 aromatic rings. The van der Waals surface area contributed by atoms with Gasteiger partial charge in [0.1, 0.15) is 0 Å². The summed E-state index contributed by atoms with van der Waals surface area (Å²) in [5, 5.41) is 9.98. The fourth-order valence-corrected chi connectivity index (χ4v) is 2.40. The van der Waals surface area contributed by atoms with Gasteiger partial charge in [0.25, 0.3) is 5.91 Å². The van der Waals surface area contributed by atoms with Crippen molar-refractivity contribution >= 4 is 5.91 Å². The summed E-state index contributed by atoms with van der Waals surface area (Å²) >= 11 is 0. The third kappa shape index (κ3) is 2.79. The fourth-order valence-electron chi connectivity index (χ4n) is 2.40. The smallest absolute Gasteiger partial charge is 0.251 e. The molecule has 3 rings (SSSR count). The Hall–Kier alpha value is -2.82. The van der Waals surface area contributed by atoms with Crippen molar-refractivity contribution in [3.8, 4) is 5.69 Å². The maximum atomic E-state index is 12.2. The zero-order valence-electron chi connectivity index (χ0n) is 12.6. The summed E-state index contributed by atoms with van der Waals surface area (Å²) in [4.78, 5) is 12.2. The van der Waals surface area contributed by atoms with Crippen LogP contribution in [0.3, 0.4) is 0 Å². The molecule has 0 saturated carbocycles. The molecule has 5 heteroatoms. The molecule has 0 spiro atoms. The summed E-state index contributed by atoms with van der Waals surface area (Å²) in [7, 11) is 0. The number of aryl methyl sites for hydroxylation is 2. The van der Waals surface area contributed by atoms with Crippen LogP contribution in [0, 0.1) is 13.8 Å². The lowest BCUT2D eigenvalue weighted by Crippen LogP contribution is -2.23. The molecule has 0 atom stereocenters. The van der Waals surface area contributed by atoms with Crippen molar-refractivity contribution in [3.05, 3.63) is 71.3 Å². The van der Waals surface area contributed by atoms with Crippen molar-refractivity contribution in [1.29, 1.82) is 0 Å². The van der Waals surface area contributed by atoms with Crippen LogP contribution in [0.1, 0.15) is 27.3 Å². The average Bonchev–Trinajstić information content (AvgIpc) is 3.17. The van der Waals surface area contributed by atoms with Crippen LogP contribution < -0.4 is 5.32 Å². The van der Waals surface area contributed by atoms with Gasteiger partial charge in [-0.2, -0.15) is 5.10 Å². The summed E-state index contributed by atoms with van der Waals surface area (Å²) < 4.78 is 2.00. The highest BCUT2D eigenvalue weighted by molar-refractivity contribution is 5.94. The van der Waals surface area contributed by atoms with Crippen LogP contribution in [0.5, 0.6) is 0 Å². The molecule has 0 saturated heterocycles. The quantitative estimate of drug-likeness (QED) is 0.777. The van der Waals surface area contributed by atoms with Crippen LogP contribution >= 0.6 is 0 Å². The normalized spacial score (nSPS) is 10.6. The van der Waals surface area contributed by atoms with E-state index in [0.717, 1.165) is 22.6 Å². The Kier molecular flexibility index (Phi) is 3.78. The van der Waals surface area contributed by atoms with Crippen LogP contribution in [0.4, 0.5) is 0 Å². The fraction of sp³-hybridized carbons (Fsp3) is 0.176. The minimum atomic E-state index is -0.0842. The van der Waals surface area contributed by atoms with Gasteiger partial charge in [-0.25, -0.2) is 0 Å². The predicted molar refractivity (Wildman–Crippen MR) is 85.0 cm³/mol. The Labute approximate surface area is 129 Å². The number of aromatic nitrogens is 3. The van der Waals surface area contributed by atoms with E-state index < -0.39 is 0 Å². The summed E-state index contributed by atoms with van der Waals surface area (Å²) in [6.07, 6.45) is 3.94. The SMILES string of the molecule is Cc1n[nH]c(C)c1CNC(=O)c1ccc(-n2cccc2)cc1. The molecule has 112 valence electrons. The summed E-state index contributed by atoms with van der Waals surface area (Å²) in [6.45, 7) is 4.36. The molecule has 0 aliphatic rings. The first kappa shape index (κ1) is 14.1. The Morgan fingerprint density at radius 3 is 2.45 bits per heavy atom.